The number of rotatable bonds is 4. The fourth-order valence-electron chi connectivity index (χ4n) is 2.36. The van der Waals surface area contributed by atoms with Gasteiger partial charge in [-0.05, 0) is 6.07 Å². The van der Waals surface area contributed by atoms with Crippen molar-refractivity contribution in [2.75, 3.05) is 31.7 Å². The van der Waals surface area contributed by atoms with Crippen molar-refractivity contribution in [3.63, 3.8) is 0 Å². The minimum absolute atomic E-state index is 0.453. The third-order valence-electron chi connectivity index (χ3n) is 3.40. The van der Waals surface area contributed by atoms with Gasteiger partial charge in [-0.25, -0.2) is 4.98 Å². The summed E-state index contributed by atoms with van der Waals surface area (Å²) < 4.78 is 5.28. The van der Waals surface area contributed by atoms with Crippen molar-refractivity contribution in [2.24, 2.45) is 5.73 Å². The van der Waals surface area contributed by atoms with E-state index in [9.17, 15) is 5.11 Å². The van der Waals surface area contributed by atoms with E-state index in [1.165, 1.54) is 0 Å². The largest absolute Gasteiger partial charge is 0.388 e. The van der Waals surface area contributed by atoms with Gasteiger partial charge in [-0.3, -0.25) is 0 Å². The van der Waals surface area contributed by atoms with Crippen LogP contribution in [-0.4, -0.2) is 42.5 Å². The van der Waals surface area contributed by atoms with Gasteiger partial charge in [-0.2, -0.15) is 0 Å². The molecule has 0 aliphatic carbocycles. The van der Waals surface area contributed by atoms with Crippen molar-refractivity contribution >= 4 is 5.82 Å². The number of pyridine rings is 1. The summed E-state index contributed by atoms with van der Waals surface area (Å²) in [7, 11) is 1.94. The predicted octanol–water partition coefficient (Wildman–Crippen LogP) is 0.518. The van der Waals surface area contributed by atoms with Gasteiger partial charge in [-0.15, -0.1) is 0 Å². The Bertz CT molecular complexity index is 392. The molecule has 0 saturated carbocycles. The van der Waals surface area contributed by atoms with Crippen LogP contribution in [0.5, 0.6) is 0 Å². The highest BCUT2D eigenvalue weighted by molar-refractivity contribution is 5.46. The molecular formula is C13H21N3O2. The molecule has 1 aliphatic heterocycles. The van der Waals surface area contributed by atoms with Crippen LogP contribution in [0.25, 0.3) is 0 Å². The number of likely N-dealkylation sites (N-methyl/N-ethyl adjacent to an activating group) is 1. The molecule has 0 amide bonds. The molecule has 5 nitrogen and oxygen atoms in total. The predicted molar refractivity (Wildman–Crippen MR) is 70.4 cm³/mol. The highest BCUT2D eigenvalue weighted by atomic mass is 16.5. The van der Waals surface area contributed by atoms with Gasteiger partial charge in [0, 0.05) is 58.0 Å². The van der Waals surface area contributed by atoms with Crippen molar-refractivity contribution in [3.05, 3.63) is 23.9 Å². The maximum atomic E-state index is 10.5. The average molecular weight is 251 g/mol. The molecule has 0 aromatic carbocycles. The molecule has 18 heavy (non-hydrogen) atoms. The highest BCUT2D eigenvalue weighted by Gasteiger charge is 2.31. The molecule has 5 heteroatoms. The van der Waals surface area contributed by atoms with E-state index in [0.29, 0.717) is 39.1 Å². The second-order valence-corrected chi connectivity index (χ2v) is 4.88. The molecule has 1 aliphatic rings. The number of hydrogen-bond donors (Lipinski definition) is 2. The van der Waals surface area contributed by atoms with E-state index in [4.69, 9.17) is 10.5 Å². The van der Waals surface area contributed by atoms with E-state index < -0.39 is 5.60 Å². The zero-order valence-corrected chi connectivity index (χ0v) is 10.8. The molecule has 0 bridgehead atoms. The number of anilines is 1. The molecular weight excluding hydrogens is 230 g/mol. The van der Waals surface area contributed by atoms with Crippen LogP contribution in [0.15, 0.2) is 18.3 Å². The number of nitrogens with zero attached hydrogens (tertiary/aromatic N) is 2. The SMILES string of the molecule is CN(CC1(O)CCOCC1)c1ncccc1CN. The minimum atomic E-state index is -0.684. The van der Waals surface area contributed by atoms with Crippen LogP contribution >= 0.6 is 0 Å². The van der Waals surface area contributed by atoms with Crippen LogP contribution in [0.3, 0.4) is 0 Å². The van der Waals surface area contributed by atoms with Crippen LogP contribution in [0.1, 0.15) is 18.4 Å². The zero-order chi connectivity index (χ0) is 13.0. The molecule has 1 aromatic heterocycles. The summed E-state index contributed by atoms with van der Waals surface area (Å²) in [5.41, 5.74) is 6.02. The van der Waals surface area contributed by atoms with Crippen LogP contribution in [0, 0.1) is 0 Å². The van der Waals surface area contributed by atoms with E-state index in [2.05, 4.69) is 4.98 Å². The van der Waals surface area contributed by atoms with Crippen molar-refractivity contribution in [3.8, 4) is 0 Å². The zero-order valence-electron chi connectivity index (χ0n) is 10.8. The van der Waals surface area contributed by atoms with Gasteiger partial charge in [0.2, 0.25) is 0 Å². The number of aromatic nitrogens is 1. The molecule has 1 fully saturated rings. The van der Waals surface area contributed by atoms with Crippen LogP contribution in [-0.2, 0) is 11.3 Å². The summed E-state index contributed by atoms with van der Waals surface area (Å²) in [5, 5.41) is 10.5. The molecule has 0 radical (unpaired) electrons. The Morgan fingerprint density at radius 3 is 2.89 bits per heavy atom. The van der Waals surface area contributed by atoms with Gasteiger partial charge in [0.15, 0.2) is 0 Å². The summed E-state index contributed by atoms with van der Waals surface area (Å²) in [4.78, 5) is 6.33. The third kappa shape index (κ3) is 2.98. The Morgan fingerprint density at radius 2 is 2.22 bits per heavy atom. The third-order valence-corrected chi connectivity index (χ3v) is 3.40. The standard InChI is InChI=1S/C13H21N3O2/c1-16(10-13(17)4-7-18-8-5-13)12-11(9-14)3-2-6-15-12/h2-3,6,17H,4-5,7-10,14H2,1H3. The molecule has 0 atom stereocenters. The van der Waals surface area contributed by atoms with Crippen molar-refractivity contribution < 1.29 is 9.84 Å². The van der Waals surface area contributed by atoms with E-state index >= 15 is 0 Å². The number of aliphatic hydroxyl groups is 1. The molecule has 2 rings (SSSR count). The summed E-state index contributed by atoms with van der Waals surface area (Å²) in [5.74, 6) is 0.847. The lowest BCUT2D eigenvalue weighted by Gasteiger charge is -2.36. The Morgan fingerprint density at radius 1 is 1.50 bits per heavy atom. The average Bonchev–Trinajstić information content (AvgIpc) is 2.39. The van der Waals surface area contributed by atoms with Crippen molar-refractivity contribution in [1.29, 1.82) is 0 Å². The normalized spacial score (nSPS) is 18.6. The lowest BCUT2D eigenvalue weighted by atomic mass is 9.94. The number of hydrogen-bond acceptors (Lipinski definition) is 5. The quantitative estimate of drug-likeness (QED) is 0.816. The van der Waals surface area contributed by atoms with Gasteiger partial charge in [0.05, 0.1) is 5.60 Å². The molecule has 1 saturated heterocycles. The van der Waals surface area contributed by atoms with Crippen LogP contribution in [0.4, 0.5) is 5.82 Å². The monoisotopic (exact) mass is 251 g/mol. The van der Waals surface area contributed by atoms with Crippen molar-refractivity contribution in [1.82, 2.24) is 4.98 Å². The van der Waals surface area contributed by atoms with Gasteiger partial charge in [0.25, 0.3) is 0 Å². The summed E-state index contributed by atoms with van der Waals surface area (Å²) in [6.07, 6.45) is 3.09. The highest BCUT2D eigenvalue weighted by Crippen LogP contribution is 2.24. The Hall–Kier alpha value is -1.17. The lowest BCUT2D eigenvalue weighted by molar-refractivity contribution is -0.0573. The second-order valence-electron chi connectivity index (χ2n) is 4.88. The summed E-state index contributed by atoms with van der Waals surface area (Å²) in [6.45, 7) is 2.25. The lowest BCUT2D eigenvalue weighted by Crippen LogP contribution is -2.46. The van der Waals surface area contributed by atoms with E-state index in [-0.39, 0.29) is 0 Å². The number of ether oxygens (including phenoxy) is 1. The second kappa shape index (κ2) is 5.65. The Kier molecular flexibility index (Phi) is 4.16. The van der Waals surface area contributed by atoms with Crippen LogP contribution < -0.4 is 10.6 Å². The first-order chi connectivity index (χ1) is 8.64. The van der Waals surface area contributed by atoms with E-state index in [1.54, 1.807) is 6.20 Å². The maximum Gasteiger partial charge on any atom is 0.132 e. The first-order valence-electron chi connectivity index (χ1n) is 6.30. The Balaban J connectivity index is 2.08. The summed E-state index contributed by atoms with van der Waals surface area (Å²) >= 11 is 0. The van der Waals surface area contributed by atoms with Gasteiger partial charge >= 0.3 is 0 Å². The molecule has 100 valence electrons. The molecule has 0 spiro atoms. The van der Waals surface area contributed by atoms with Gasteiger partial charge < -0.3 is 20.5 Å². The fraction of sp³-hybridized carbons (Fsp3) is 0.615. The molecule has 3 N–H and O–H groups in total. The first kappa shape index (κ1) is 13.3. The smallest absolute Gasteiger partial charge is 0.132 e. The maximum absolute atomic E-state index is 10.5. The van der Waals surface area contributed by atoms with Gasteiger partial charge in [-0.1, -0.05) is 6.07 Å². The van der Waals surface area contributed by atoms with Crippen molar-refractivity contribution in [2.45, 2.75) is 25.0 Å². The molecule has 0 unspecified atom stereocenters. The van der Waals surface area contributed by atoms with E-state index in [0.717, 1.165) is 11.4 Å². The molecule has 2 heterocycles. The van der Waals surface area contributed by atoms with Gasteiger partial charge in [0.1, 0.15) is 5.82 Å². The van der Waals surface area contributed by atoms with E-state index in [1.807, 2.05) is 24.1 Å². The number of nitrogens with two attached hydrogens (primary N) is 1. The first-order valence-corrected chi connectivity index (χ1v) is 6.30. The summed E-state index contributed by atoms with van der Waals surface area (Å²) in [6, 6.07) is 3.84. The minimum Gasteiger partial charge on any atom is -0.388 e. The topological polar surface area (TPSA) is 71.6 Å². The fourth-order valence-corrected chi connectivity index (χ4v) is 2.36. The molecule has 1 aromatic rings. The van der Waals surface area contributed by atoms with Crippen LogP contribution in [0.2, 0.25) is 0 Å². The Labute approximate surface area is 108 Å².